The van der Waals surface area contributed by atoms with E-state index in [1.165, 1.54) is 40.2 Å². The van der Waals surface area contributed by atoms with Crippen LogP contribution in [0.1, 0.15) is 34.6 Å². The second kappa shape index (κ2) is 10.8. The summed E-state index contributed by atoms with van der Waals surface area (Å²) in [7, 11) is 2.92. The summed E-state index contributed by atoms with van der Waals surface area (Å²) in [6.45, 7) is 2.43. The Bertz CT molecular complexity index is 970. The van der Waals surface area contributed by atoms with Gasteiger partial charge in [-0.05, 0) is 56.3 Å². The average Bonchev–Trinajstić information content (AvgIpc) is 2.77. The number of Topliss-reactive ketones (excluding diaryl/α,β-unsaturated/α-hetero) is 1. The summed E-state index contributed by atoms with van der Waals surface area (Å²) in [5, 5.41) is 5.01. The number of hydrogen-bond donors (Lipinski definition) is 2. The molecule has 0 radical (unpaired) electrons. The lowest BCUT2D eigenvalue weighted by Crippen LogP contribution is -2.35. The van der Waals surface area contributed by atoms with Gasteiger partial charge in [0, 0.05) is 16.8 Å². The van der Waals surface area contributed by atoms with Gasteiger partial charge in [-0.1, -0.05) is 0 Å². The molecule has 0 bridgehead atoms. The minimum absolute atomic E-state index is 0.0877. The predicted molar refractivity (Wildman–Crippen MR) is 113 cm³/mol. The third-order valence-electron chi connectivity index (χ3n) is 4.28. The molecule has 0 heterocycles. The van der Waals surface area contributed by atoms with E-state index in [2.05, 4.69) is 10.6 Å². The Balaban J connectivity index is 1.85. The molecule has 9 heteroatoms. The number of amides is 2. The number of hydrogen-bond acceptors (Lipinski definition) is 7. The molecule has 0 aliphatic carbocycles. The maximum atomic E-state index is 12.2. The van der Waals surface area contributed by atoms with Crippen LogP contribution in [-0.4, -0.2) is 50.4 Å². The normalized spacial score (nSPS) is 11.1. The van der Waals surface area contributed by atoms with E-state index in [1.54, 1.807) is 30.3 Å². The highest BCUT2D eigenvalue weighted by Gasteiger charge is 2.19. The molecule has 2 rings (SSSR count). The first kappa shape index (κ1) is 23.4. The number of rotatable bonds is 9. The summed E-state index contributed by atoms with van der Waals surface area (Å²) < 4.78 is 15.3. The zero-order valence-electron chi connectivity index (χ0n) is 17.7. The fourth-order valence-corrected chi connectivity index (χ4v) is 2.56. The quantitative estimate of drug-likeness (QED) is 0.464. The van der Waals surface area contributed by atoms with Gasteiger partial charge in [0.1, 0.15) is 6.54 Å². The number of carbonyl (C=O) groups excluding carboxylic acids is 4. The molecule has 1 unspecified atom stereocenters. The Hall–Kier alpha value is -3.88. The van der Waals surface area contributed by atoms with Gasteiger partial charge < -0.3 is 24.8 Å². The minimum Gasteiger partial charge on any atom is -0.493 e. The van der Waals surface area contributed by atoms with E-state index in [1.807, 2.05) is 0 Å². The molecule has 2 aromatic rings. The molecule has 0 aliphatic heterocycles. The average molecular weight is 428 g/mol. The molecule has 1 atom stereocenters. The van der Waals surface area contributed by atoms with Gasteiger partial charge in [-0.25, -0.2) is 0 Å². The van der Waals surface area contributed by atoms with Crippen LogP contribution in [0.4, 0.5) is 5.69 Å². The van der Waals surface area contributed by atoms with Crippen LogP contribution in [0, 0.1) is 0 Å². The zero-order valence-corrected chi connectivity index (χ0v) is 17.7. The molecular formula is C22H24N2O7. The number of carbonyl (C=O) groups is 4. The first-order valence-corrected chi connectivity index (χ1v) is 9.36. The summed E-state index contributed by atoms with van der Waals surface area (Å²) in [5.41, 5.74) is 1.24. The van der Waals surface area contributed by atoms with Gasteiger partial charge in [0.15, 0.2) is 23.4 Å². The molecule has 2 aromatic carbocycles. The number of esters is 1. The van der Waals surface area contributed by atoms with E-state index >= 15 is 0 Å². The lowest BCUT2D eigenvalue weighted by atomic mass is 10.1. The molecule has 0 aromatic heterocycles. The largest absolute Gasteiger partial charge is 0.493 e. The molecule has 2 N–H and O–H groups in total. The van der Waals surface area contributed by atoms with Crippen LogP contribution >= 0.6 is 0 Å². The maximum Gasteiger partial charge on any atom is 0.326 e. The first-order valence-electron chi connectivity index (χ1n) is 9.36. The second-order valence-electron chi connectivity index (χ2n) is 6.51. The van der Waals surface area contributed by atoms with Crippen LogP contribution in [0.15, 0.2) is 42.5 Å². The SMILES string of the molecule is COc1ccc(C(=O)NCC(=O)OC(C)C(=O)Nc2ccc(C(C)=O)cc2)cc1OC. The van der Waals surface area contributed by atoms with Gasteiger partial charge in [-0.15, -0.1) is 0 Å². The van der Waals surface area contributed by atoms with Crippen molar-refractivity contribution in [2.75, 3.05) is 26.1 Å². The van der Waals surface area contributed by atoms with Crippen LogP contribution in [0.3, 0.4) is 0 Å². The fourth-order valence-electron chi connectivity index (χ4n) is 2.56. The first-order chi connectivity index (χ1) is 14.7. The van der Waals surface area contributed by atoms with Gasteiger partial charge in [0.25, 0.3) is 11.8 Å². The Kier molecular flexibility index (Phi) is 8.13. The molecule has 2 amide bonds. The Labute approximate surface area is 179 Å². The van der Waals surface area contributed by atoms with Crippen molar-refractivity contribution in [2.24, 2.45) is 0 Å². The van der Waals surface area contributed by atoms with Crippen LogP contribution in [0.2, 0.25) is 0 Å². The van der Waals surface area contributed by atoms with E-state index < -0.39 is 30.4 Å². The van der Waals surface area contributed by atoms with E-state index in [0.717, 1.165) is 0 Å². The van der Waals surface area contributed by atoms with E-state index in [4.69, 9.17) is 14.2 Å². The van der Waals surface area contributed by atoms with Crippen molar-refractivity contribution >= 4 is 29.3 Å². The summed E-state index contributed by atoms with van der Waals surface area (Å²) in [6, 6.07) is 10.9. The smallest absolute Gasteiger partial charge is 0.326 e. The van der Waals surface area contributed by atoms with Crippen molar-refractivity contribution in [3.05, 3.63) is 53.6 Å². The number of benzene rings is 2. The van der Waals surface area contributed by atoms with Crippen molar-refractivity contribution in [1.29, 1.82) is 0 Å². The van der Waals surface area contributed by atoms with Gasteiger partial charge >= 0.3 is 5.97 Å². The highest BCUT2D eigenvalue weighted by Crippen LogP contribution is 2.27. The van der Waals surface area contributed by atoms with Gasteiger partial charge in [0.05, 0.1) is 14.2 Å². The molecule has 31 heavy (non-hydrogen) atoms. The highest BCUT2D eigenvalue weighted by atomic mass is 16.5. The monoisotopic (exact) mass is 428 g/mol. The Morgan fingerprint density at radius 2 is 1.52 bits per heavy atom. The third kappa shape index (κ3) is 6.56. The van der Waals surface area contributed by atoms with Crippen LogP contribution in [-0.2, 0) is 14.3 Å². The van der Waals surface area contributed by atoms with Gasteiger partial charge in [-0.2, -0.15) is 0 Å². The molecule has 0 saturated heterocycles. The second-order valence-corrected chi connectivity index (χ2v) is 6.51. The van der Waals surface area contributed by atoms with Crippen molar-refractivity contribution in [1.82, 2.24) is 5.32 Å². The van der Waals surface area contributed by atoms with Gasteiger partial charge in [0.2, 0.25) is 0 Å². The van der Waals surface area contributed by atoms with Crippen molar-refractivity contribution < 1.29 is 33.4 Å². The lowest BCUT2D eigenvalue weighted by Gasteiger charge is -2.14. The van der Waals surface area contributed by atoms with E-state index in [0.29, 0.717) is 22.7 Å². The van der Waals surface area contributed by atoms with Gasteiger partial charge in [-0.3, -0.25) is 19.2 Å². The molecule has 0 spiro atoms. The fraction of sp³-hybridized carbons (Fsp3) is 0.273. The molecular weight excluding hydrogens is 404 g/mol. The highest BCUT2D eigenvalue weighted by molar-refractivity contribution is 5.98. The summed E-state index contributed by atoms with van der Waals surface area (Å²) in [6.07, 6.45) is -1.09. The molecule has 9 nitrogen and oxygen atoms in total. The van der Waals surface area contributed by atoms with E-state index in [-0.39, 0.29) is 11.3 Å². The predicted octanol–water partition coefficient (Wildman–Crippen LogP) is 2.21. The lowest BCUT2D eigenvalue weighted by molar-refractivity contribution is -0.152. The minimum atomic E-state index is -1.09. The topological polar surface area (TPSA) is 120 Å². The number of anilines is 1. The number of ether oxygens (including phenoxy) is 3. The van der Waals surface area contributed by atoms with Crippen molar-refractivity contribution in [2.45, 2.75) is 20.0 Å². The number of methoxy groups -OCH3 is 2. The Morgan fingerprint density at radius 1 is 0.903 bits per heavy atom. The standard InChI is InChI=1S/C22H24N2O7/c1-13(25)15-5-8-17(9-6-15)24-21(27)14(2)31-20(26)12-23-22(28)16-7-10-18(29-3)19(11-16)30-4/h5-11,14H,12H2,1-4H3,(H,23,28)(H,24,27). The van der Waals surface area contributed by atoms with E-state index in [9.17, 15) is 19.2 Å². The molecule has 0 aliphatic rings. The summed E-state index contributed by atoms with van der Waals surface area (Å²) >= 11 is 0. The number of nitrogens with one attached hydrogen (secondary N) is 2. The number of ketones is 1. The Morgan fingerprint density at radius 3 is 2.10 bits per heavy atom. The molecule has 0 saturated carbocycles. The summed E-state index contributed by atoms with van der Waals surface area (Å²) in [4.78, 5) is 47.7. The van der Waals surface area contributed by atoms with Crippen LogP contribution in [0.5, 0.6) is 11.5 Å². The third-order valence-corrected chi connectivity index (χ3v) is 4.28. The van der Waals surface area contributed by atoms with Crippen molar-refractivity contribution in [3.8, 4) is 11.5 Å². The molecule has 164 valence electrons. The van der Waals surface area contributed by atoms with Crippen LogP contribution < -0.4 is 20.1 Å². The van der Waals surface area contributed by atoms with Crippen LogP contribution in [0.25, 0.3) is 0 Å². The maximum absolute atomic E-state index is 12.2. The molecule has 0 fully saturated rings. The summed E-state index contributed by atoms with van der Waals surface area (Å²) in [5.74, 6) is -1.08. The van der Waals surface area contributed by atoms with Crippen molar-refractivity contribution in [3.63, 3.8) is 0 Å². The zero-order chi connectivity index (χ0) is 23.0.